The molecule has 0 aliphatic carbocycles. The molecule has 2 atom stereocenters. The summed E-state index contributed by atoms with van der Waals surface area (Å²) >= 11 is 0. The van der Waals surface area contributed by atoms with Gasteiger partial charge in [-0.25, -0.2) is 4.39 Å². The Labute approximate surface area is 174 Å². The summed E-state index contributed by atoms with van der Waals surface area (Å²) in [5.41, 5.74) is 2.36. The van der Waals surface area contributed by atoms with Crippen molar-refractivity contribution in [2.75, 3.05) is 6.54 Å². The van der Waals surface area contributed by atoms with Crippen LogP contribution in [-0.2, 0) is 11.3 Å². The number of hydrogen-bond acceptors (Lipinski definition) is 3. The third-order valence-electron chi connectivity index (χ3n) is 6.17. The number of halogens is 1. The van der Waals surface area contributed by atoms with Crippen molar-refractivity contribution >= 4 is 16.8 Å². The molecular weight excluding hydrogens is 383 g/mol. The summed E-state index contributed by atoms with van der Waals surface area (Å²) < 4.78 is 16.3. The molecule has 0 bridgehead atoms. The first-order valence-corrected chi connectivity index (χ1v) is 10.6. The van der Waals surface area contributed by atoms with Gasteiger partial charge in [-0.15, -0.1) is 0 Å². The molecule has 1 saturated heterocycles. The highest BCUT2D eigenvalue weighted by Crippen LogP contribution is 2.33. The lowest BCUT2D eigenvalue weighted by Crippen LogP contribution is -2.25. The minimum Gasteiger partial charge on any atom is -0.356 e. The molecule has 2 aromatic heterocycles. The van der Waals surface area contributed by atoms with Gasteiger partial charge in [-0.2, -0.15) is 5.10 Å². The molecule has 6 nitrogen and oxygen atoms in total. The van der Waals surface area contributed by atoms with E-state index in [2.05, 4.69) is 29.2 Å². The summed E-state index contributed by atoms with van der Waals surface area (Å²) in [5.74, 6) is -0.137. The van der Waals surface area contributed by atoms with Gasteiger partial charge in [0.25, 0.3) is 5.56 Å². The standard InChI is InChI=1S/C23H27FN4O2/c1-4-28-21-11-15(10-19(24)18(21)12-26-28)20-6-5-16(23(30)27-20)17(13(2)3)9-14-7-8-25-22(14)29/h5-6,10-14,17H,4,7-9H2,1-3H3,(H,25,29)(H,27,30)/t14-,17+/m1/s1. The van der Waals surface area contributed by atoms with Gasteiger partial charge in [-0.1, -0.05) is 19.9 Å². The lowest BCUT2D eigenvalue weighted by atomic mass is 9.81. The van der Waals surface area contributed by atoms with Gasteiger partial charge in [0.05, 0.1) is 17.1 Å². The van der Waals surface area contributed by atoms with E-state index in [4.69, 9.17) is 0 Å². The number of nitrogens with zero attached hydrogens (tertiary/aromatic N) is 2. The van der Waals surface area contributed by atoms with Gasteiger partial charge in [0.1, 0.15) is 5.82 Å². The van der Waals surface area contributed by atoms with Gasteiger partial charge in [-0.3, -0.25) is 14.3 Å². The van der Waals surface area contributed by atoms with E-state index in [1.807, 2.05) is 25.1 Å². The summed E-state index contributed by atoms with van der Waals surface area (Å²) in [7, 11) is 0. The smallest absolute Gasteiger partial charge is 0.251 e. The van der Waals surface area contributed by atoms with Crippen LogP contribution in [0.15, 0.2) is 35.3 Å². The van der Waals surface area contributed by atoms with Crippen LogP contribution in [0, 0.1) is 17.7 Å². The molecule has 2 N–H and O–H groups in total. The van der Waals surface area contributed by atoms with E-state index in [0.717, 1.165) is 6.42 Å². The van der Waals surface area contributed by atoms with Crippen LogP contribution >= 0.6 is 0 Å². The molecule has 1 aliphatic heterocycles. The molecule has 7 heteroatoms. The Morgan fingerprint density at radius 2 is 2.07 bits per heavy atom. The molecule has 0 radical (unpaired) electrons. The first-order chi connectivity index (χ1) is 14.4. The van der Waals surface area contributed by atoms with Crippen LogP contribution in [0.2, 0.25) is 0 Å². The second-order valence-corrected chi connectivity index (χ2v) is 8.37. The van der Waals surface area contributed by atoms with E-state index in [9.17, 15) is 14.0 Å². The zero-order valence-electron chi connectivity index (χ0n) is 17.5. The number of nitrogens with one attached hydrogen (secondary N) is 2. The van der Waals surface area contributed by atoms with Crippen molar-refractivity contribution in [3.63, 3.8) is 0 Å². The van der Waals surface area contributed by atoms with Gasteiger partial charge in [-0.05, 0) is 49.8 Å². The Balaban J connectivity index is 1.69. The highest BCUT2D eigenvalue weighted by molar-refractivity contribution is 5.84. The van der Waals surface area contributed by atoms with Crippen LogP contribution in [0.3, 0.4) is 0 Å². The summed E-state index contributed by atoms with van der Waals surface area (Å²) in [6.45, 7) is 7.42. The van der Waals surface area contributed by atoms with E-state index >= 15 is 0 Å². The maximum absolute atomic E-state index is 14.6. The largest absolute Gasteiger partial charge is 0.356 e. The summed E-state index contributed by atoms with van der Waals surface area (Å²) in [4.78, 5) is 27.9. The lowest BCUT2D eigenvalue weighted by molar-refractivity contribution is -0.122. The van der Waals surface area contributed by atoms with E-state index in [0.29, 0.717) is 47.2 Å². The van der Waals surface area contributed by atoms with Crippen molar-refractivity contribution < 1.29 is 9.18 Å². The molecule has 3 aromatic rings. The predicted octanol–water partition coefficient (Wildman–Crippen LogP) is 3.82. The molecular formula is C23H27FN4O2. The Morgan fingerprint density at radius 3 is 2.70 bits per heavy atom. The zero-order chi connectivity index (χ0) is 21.4. The predicted molar refractivity (Wildman–Crippen MR) is 115 cm³/mol. The molecule has 0 spiro atoms. The third-order valence-corrected chi connectivity index (χ3v) is 6.17. The van der Waals surface area contributed by atoms with Crippen molar-refractivity contribution in [1.82, 2.24) is 20.1 Å². The van der Waals surface area contributed by atoms with Crippen LogP contribution in [0.25, 0.3) is 22.2 Å². The molecule has 30 heavy (non-hydrogen) atoms. The number of benzene rings is 1. The molecule has 1 amide bonds. The normalized spacial score (nSPS) is 17.6. The molecule has 0 saturated carbocycles. The number of H-pyrrole nitrogens is 1. The number of pyridine rings is 1. The van der Waals surface area contributed by atoms with E-state index in [1.165, 1.54) is 12.3 Å². The maximum Gasteiger partial charge on any atom is 0.251 e. The Hall–Kier alpha value is -2.96. The van der Waals surface area contributed by atoms with Crippen LogP contribution in [-0.4, -0.2) is 27.2 Å². The Morgan fingerprint density at radius 1 is 1.27 bits per heavy atom. The Bertz CT molecular complexity index is 1150. The van der Waals surface area contributed by atoms with Gasteiger partial charge in [0.2, 0.25) is 5.91 Å². The van der Waals surface area contributed by atoms with Crippen molar-refractivity contribution in [2.45, 2.75) is 46.1 Å². The fourth-order valence-corrected chi connectivity index (χ4v) is 4.42. The third kappa shape index (κ3) is 3.64. The topological polar surface area (TPSA) is 79.8 Å². The van der Waals surface area contributed by atoms with Crippen LogP contribution in [0.4, 0.5) is 4.39 Å². The molecule has 1 aromatic carbocycles. The SMILES string of the molecule is CCn1ncc2c(F)cc(-c3ccc([C@@H](C[C@H]4CCNC4=O)C(C)C)c(=O)[nH]3)cc21. The van der Waals surface area contributed by atoms with E-state index in [-0.39, 0.29) is 35.0 Å². The highest BCUT2D eigenvalue weighted by Gasteiger charge is 2.30. The van der Waals surface area contributed by atoms with Crippen molar-refractivity contribution in [3.05, 3.63) is 52.2 Å². The molecule has 158 valence electrons. The highest BCUT2D eigenvalue weighted by atomic mass is 19.1. The second kappa shape index (κ2) is 8.05. The molecule has 1 aliphatic rings. The fourth-order valence-electron chi connectivity index (χ4n) is 4.42. The second-order valence-electron chi connectivity index (χ2n) is 8.37. The zero-order valence-corrected chi connectivity index (χ0v) is 17.5. The maximum atomic E-state index is 14.6. The van der Waals surface area contributed by atoms with Gasteiger partial charge < -0.3 is 10.3 Å². The van der Waals surface area contributed by atoms with Crippen LogP contribution in [0.1, 0.15) is 45.1 Å². The van der Waals surface area contributed by atoms with Crippen molar-refractivity contribution in [1.29, 1.82) is 0 Å². The molecule has 0 unspecified atom stereocenters. The van der Waals surface area contributed by atoms with Gasteiger partial charge >= 0.3 is 0 Å². The lowest BCUT2D eigenvalue weighted by Gasteiger charge is -2.23. The van der Waals surface area contributed by atoms with Crippen molar-refractivity contribution in [2.24, 2.45) is 11.8 Å². The molecule has 4 rings (SSSR count). The quantitative estimate of drug-likeness (QED) is 0.648. The average Bonchev–Trinajstić information content (AvgIpc) is 3.32. The number of amides is 1. The number of aromatic amines is 1. The summed E-state index contributed by atoms with van der Waals surface area (Å²) in [6.07, 6.45) is 2.99. The average molecular weight is 410 g/mol. The fraction of sp³-hybridized carbons (Fsp3) is 0.435. The first kappa shape index (κ1) is 20.3. The van der Waals surface area contributed by atoms with E-state index < -0.39 is 0 Å². The summed E-state index contributed by atoms with van der Waals surface area (Å²) in [5, 5.41) is 7.55. The Kier molecular flexibility index (Phi) is 5.45. The minimum atomic E-state index is -0.362. The first-order valence-electron chi connectivity index (χ1n) is 10.6. The number of rotatable bonds is 6. The van der Waals surface area contributed by atoms with Crippen LogP contribution in [0.5, 0.6) is 0 Å². The number of aryl methyl sites for hydroxylation is 1. The minimum absolute atomic E-state index is 0.0163. The molecule has 1 fully saturated rings. The number of carbonyl (C=O) groups is 1. The number of carbonyl (C=O) groups excluding carboxylic acids is 1. The van der Waals surface area contributed by atoms with Crippen LogP contribution < -0.4 is 10.9 Å². The molecule has 3 heterocycles. The number of fused-ring (bicyclic) bond motifs is 1. The van der Waals surface area contributed by atoms with Gasteiger partial charge in [0, 0.05) is 35.8 Å². The number of hydrogen-bond donors (Lipinski definition) is 2. The van der Waals surface area contributed by atoms with Crippen molar-refractivity contribution in [3.8, 4) is 11.3 Å². The summed E-state index contributed by atoms with van der Waals surface area (Å²) in [6, 6.07) is 6.93. The van der Waals surface area contributed by atoms with E-state index in [1.54, 1.807) is 4.68 Å². The monoisotopic (exact) mass is 410 g/mol. The van der Waals surface area contributed by atoms with Gasteiger partial charge in [0.15, 0.2) is 0 Å². The number of aromatic nitrogens is 3.